The highest BCUT2D eigenvalue weighted by atomic mass is 79.9. The maximum atomic E-state index is 12.4. The quantitative estimate of drug-likeness (QED) is 0.887. The fourth-order valence-electron chi connectivity index (χ4n) is 2.73. The molecule has 110 valence electrons. The third-order valence-corrected chi connectivity index (χ3v) is 4.90. The minimum absolute atomic E-state index is 0.0204. The van der Waals surface area contributed by atoms with Crippen LogP contribution >= 0.6 is 15.9 Å². The number of ether oxygens (including phenoxy) is 2. The second-order valence-corrected chi connectivity index (χ2v) is 6.04. The van der Waals surface area contributed by atoms with Gasteiger partial charge >= 0.3 is 0 Å². The topological polar surface area (TPSA) is 67.5 Å². The number of hydrogen-bond donors (Lipinski definition) is 1. The Kier molecular flexibility index (Phi) is 4.09. The molecule has 1 aromatic heterocycles. The number of halogens is 1. The van der Waals surface area contributed by atoms with Crippen LogP contribution in [0.3, 0.4) is 0 Å². The molecule has 0 spiro atoms. The lowest BCUT2D eigenvalue weighted by Gasteiger charge is -2.33. The van der Waals surface area contributed by atoms with Crippen molar-refractivity contribution in [2.24, 2.45) is 5.92 Å². The van der Waals surface area contributed by atoms with E-state index in [0.29, 0.717) is 24.8 Å². The van der Waals surface area contributed by atoms with Gasteiger partial charge in [-0.2, -0.15) is 5.10 Å². The third kappa shape index (κ3) is 2.62. The molecule has 1 N–H and O–H groups in total. The van der Waals surface area contributed by atoms with E-state index < -0.39 is 0 Å². The first-order valence-electron chi connectivity index (χ1n) is 6.89. The van der Waals surface area contributed by atoms with E-state index in [2.05, 4.69) is 26.1 Å². The maximum Gasteiger partial charge on any atom is 0.275 e. The number of piperidine rings is 1. The third-order valence-electron chi connectivity index (χ3n) is 3.93. The second-order valence-electron chi connectivity index (χ2n) is 5.25. The zero-order valence-corrected chi connectivity index (χ0v) is 13.0. The van der Waals surface area contributed by atoms with E-state index in [1.807, 2.05) is 11.8 Å². The number of hydrogen-bond acceptors (Lipinski definition) is 4. The average Bonchev–Trinajstić information content (AvgIpc) is 3.10. The van der Waals surface area contributed by atoms with Gasteiger partial charge in [0.05, 0.1) is 17.7 Å². The zero-order valence-electron chi connectivity index (χ0n) is 11.4. The van der Waals surface area contributed by atoms with Crippen LogP contribution < -0.4 is 0 Å². The van der Waals surface area contributed by atoms with Gasteiger partial charge in [-0.25, -0.2) is 0 Å². The van der Waals surface area contributed by atoms with Crippen LogP contribution in [0, 0.1) is 12.8 Å². The summed E-state index contributed by atoms with van der Waals surface area (Å²) in [4.78, 5) is 14.3. The molecule has 1 amide bonds. The van der Waals surface area contributed by atoms with E-state index in [9.17, 15) is 4.79 Å². The highest BCUT2D eigenvalue weighted by molar-refractivity contribution is 9.10. The molecule has 2 aliphatic heterocycles. The van der Waals surface area contributed by atoms with E-state index in [1.165, 1.54) is 0 Å². The van der Waals surface area contributed by atoms with Crippen LogP contribution in [0.2, 0.25) is 0 Å². The van der Waals surface area contributed by atoms with Gasteiger partial charge in [0.1, 0.15) is 0 Å². The van der Waals surface area contributed by atoms with Gasteiger partial charge in [-0.05, 0) is 35.7 Å². The standard InChI is InChI=1S/C13H18BrN3O3/c1-8-10(14)11(16-15-8)12(18)17-4-2-9(3-5-17)13-19-6-7-20-13/h9,13H,2-7H2,1H3,(H,15,16). The molecule has 0 aromatic carbocycles. The molecular weight excluding hydrogens is 326 g/mol. The van der Waals surface area contributed by atoms with E-state index in [1.54, 1.807) is 0 Å². The van der Waals surface area contributed by atoms with Crippen molar-refractivity contribution in [2.45, 2.75) is 26.1 Å². The predicted octanol–water partition coefficient (Wildman–Crippen LogP) is 1.71. The molecule has 0 aliphatic carbocycles. The van der Waals surface area contributed by atoms with Crippen molar-refractivity contribution >= 4 is 21.8 Å². The average molecular weight is 344 g/mol. The van der Waals surface area contributed by atoms with Crippen LogP contribution in [0.4, 0.5) is 0 Å². The van der Waals surface area contributed by atoms with Crippen molar-refractivity contribution < 1.29 is 14.3 Å². The van der Waals surface area contributed by atoms with Crippen LogP contribution in [-0.2, 0) is 9.47 Å². The SMILES string of the molecule is Cc1[nH]nc(C(=O)N2CCC(C3OCCO3)CC2)c1Br. The van der Waals surface area contributed by atoms with Gasteiger partial charge in [0.2, 0.25) is 0 Å². The number of aromatic amines is 1. The minimum atomic E-state index is -0.0772. The number of nitrogens with one attached hydrogen (secondary N) is 1. The molecule has 3 heterocycles. The molecule has 20 heavy (non-hydrogen) atoms. The molecule has 3 rings (SSSR count). The molecule has 7 heteroatoms. The Morgan fingerprint density at radius 2 is 2.00 bits per heavy atom. The van der Waals surface area contributed by atoms with Gasteiger partial charge < -0.3 is 14.4 Å². The zero-order chi connectivity index (χ0) is 14.1. The summed E-state index contributed by atoms with van der Waals surface area (Å²) >= 11 is 3.40. The number of aromatic nitrogens is 2. The van der Waals surface area contributed by atoms with Gasteiger partial charge in [0.15, 0.2) is 12.0 Å². The molecule has 0 radical (unpaired) electrons. The van der Waals surface area contributed by atoms with Crippen LogP contribution in [0.5, 0.6) is 0 Å². The summed E-state index contributed by atoms with van der Waals surface area (Å²) in [7, 11) is 0. The summed E-state index contributed by atoms with van der Waals surface area (Å²) in [6.45, 7) is 4.71. The Morgan fingerprint density at radius 1 is 1.35 bits per heavy atom. The molecule has 0 atom stereocenters. The first-order chi connectivity index (χ1) is 9.66. The smallest absolute Gasteiger partial charge is 0.275 e. The number of likely N-dealkylation sites (tertiary alicyclic amines) is 1. The van der Waals surface area contributed by atoms with Crippen LogP contribution in [0.1, 0.15) is 29.0 Å². The molecule has 0 saturated carbocycles. The summed E-state index contributed by atoms with van der Waals surface area (Å²) in [5.41, 5.74) is 1.34. The predicted molar refractivity (Wildman–Crippen MR) is 75.3 cm³/mol. The fourth-order valence-corrected chi connectivity index (χ4v) is 3.08. The molecular formula is C13H18BrN3O3. The van der Waals surface area contributed by atoms with E-state index in [4.69, 9.17) is 9.47 Å². The van der Waals surface area contributed by atoms with Crippen LogP contribution in [0.15, 0.2) is 4.47 Å². The molecule has 2 fully saturated rings. The number of carbonyl (C=O) groups is 1. The highest BCUT2D eigenvalue weighted by Crippen LogP contribution is 2.27. The molecule has 0 unspecified atom stereocenters. The lowest BCUT2D eigenvalue weighted by molar-refractivity contribution is -0.0956. The van der Waals surface area contributed by atoms with Gasteiger partial charge in [-0.15, -0.1) is 0 Å². The Bertz CT molecular complexity index is 491. The monoisotopic (exact) mass is 343 g/mol. The number of rotatable bonds is 2. The molecule has 2 aliphatic rings. The number of nitrogens with zero attached hydrogens (tertiary/aromatic N) is 2. The summed E-state index contributed by atoms with van der Waals surface area (Å²) in [6, 6.07) is 0. The first kappa shape index (κ1) is 14.0. The normalized spacial score (nSPS) is 21.6. The van der Waals surface area contributed by atoms with E-state index in [-0.39, 0.29) is 12.2 Å². The summed E-state index contributed by atoms with van der Waals surface area (Å²) < 4.78 is 11.8. The molecule has 1 aromatic rings. The van der Waals surface area contributed by atoms with Crippen molar-refractivity contribution in [1.82, 2.24) is 15.1 Å². The summed E-state index contributed by atoms with van der Waals surface area (Å²) in [5.74, 6) is 0.374. The van der Waals surface area contributed by atoms with Crippen LogP contribution in [0.25, 0.3) is 0 Å². The summed E-state index contributed by atoms with van der Waals surface area (Å²) in [5, 5.41) is 6.90. The van der Waals surface area contributed by atoms with Gasteiger partial charge in [-0.1, -0.05) is 0 Å². The van der Waals surface area contributed by atoms with Gasteiger partial charge in [0.25, 0.3) is 5.91 Å². The lowest BCUT2D eigenvalue weighted by Crippen LogP contribution is -2.41. The molecule has 2 saturated heterocycles. The minimum Gasteiger partial charge on any atom is -0.350 e. The van der Waals surface area contributed by atoms with Crippen molar-refractivity contribution in [1.29, 1.82) is 0 Å². The lowest BCUT2D eigenvalue weighted by atomic mass is 9.96. The number of H-pyrrole nitrogens is 1. The first-order valence-corrected chi connectivity index (χ1v) is 7.69. The second kappa shape index (κ2) is 5.83. The molecule has 0 bridgehead atoms. The molecule has 6 nitrogen and oxygen atoms in total. The van der Waals surface area contributed by atoms with Crippen LogP contribution in [-0.4, -0.2) is 53.6 Å². The maximum absolute atomic E-state index is 12.4. The summed E-state index contributed by atoms with van der Waals surface area (Å²) in [6.07, 6.45) is 1.75. The number of aryl methyl sites for hydroxylation is 1. The largest absolute Gasteiger partial charge is 0.350 e. The van der Waals surface area contributed by atoms with Gasteiger partial charge in [0, 0.05) is 24.7 Å². The Hall–Kier alpha value is -0.920. The van der Waals surface area contributed by atoms with E-state index in [0.717, 1.165) is 36.1 Å². The van der Waals surface area contributed by atoms with Crippen molar-refractivity contribution in [3.8, 4) is 0 Å². The number of carbonyl (C=O) groups excluding carboxylic acids is 1. The fraction of sp³-hybridized carbons (Fsp3) is 0.692. The Labute approximate surface area is 125 Å². The van der Waals surface area contributed by atoms with Crippen molar-refractivity contribution in [2.75, 3.05) is 26.3 Å². The van der Waals surface area contributed by atoms with Crippen molar-refractivity contribution in [3.05, 3.63) is 15.9 Å². The van der Waals surface area contributed by atoms with Gasteiger partial charge in [-0.3, -0.25) is 9.89 Å². The Balaban J connectivity index is 1.60. The highest BCUT2D eigenvalue weighted by Gasteiger charge is 2.33. The number of amides is 1. The van der Waals surface area contributed by atoms with E-state index >= 15 is 0 Å². The Morgan fingerprint density at radius 3 is 2.55 bits per heavy atom. The van der Waals surface area contributed by atoms with Crippen molar-refractivity contribution in [3.63, 3.8) is 0 Å².